The van der Waals surface area contributed by atoms with Crippen LogP contribution in [0.1, 0.15) is 0 Å². The van der Waals surface area contributed by atoms with Gasteiger partial charge in [-0.2, -0.15) is 4.98 Å². The van der Waals surface area contributed by atoms with Crippen LogP contribution in [0, 0.1) is 11.8 Å². The summed E-state index contributed by atoms with van der Waals surface area (Å²) in [5.41, 5.74) is 5.82. The molecule has 3 atom stereocenters. The highest BCUT2D eigenvalue weighted by Gasteiger charge is 2.30. The Morgan fingerprint density at radius 3 is 2.95 bits per heavy atom. The third-order valence-electron chi connectivity index (χ3n) is 3.61. The molecule has 1 aliphatic rings. The summed E-state index contributed by atoms with van der Waals surface area (Å²) in [6.07, 6.45) is 4.56. The molecule has 20 heavy (non-hydrogen) atoms. The van der Waals surface area contributed by atoms with Crippen molar-refractivity contribution in [3.63, 3.8) is 0 Å². The van der Waals surface area contributed by atoms with Gasteiger partial charge in [0, 0.05) is 18.4 Å². The number of nitrogens with one attached hydrogen (secondary N) is 1. The molecular weight excluding hydrogens is 262 g/mol. The van der Waals surface area contributed by atoms with Crippen LogP contribution in [-0.4, -0.2) is 42.4 Å². The largest absolute Gasteiger partial charge is 0.394 e. The number of aliphatic hydroxyl groups is 2. The Balaban J connectivity index is 1.89. The van der Waals surface area contributed by atoms with Gasteiger partial charge in [-0.05, 0) is 0 Å². The van der Waals surface area contributed by atoms with E-state index in [2.05, 4.69) is 15.0 Å². The van der Waals surface area contributed by atoms with Gasteiger partial charge < -0.3 is 20.5 Å². The summed E-state index contributed by atoms with van der Waals surface area (Å²) in [6, 6.07) is 0. The van der Waals surface area contributed by atoms with E-state index in [0.29, 0.717) is 12.2 Å². The van der Waals surface area contributed by atoms with Crippen molar-refractivity contribution in [3.05, 3.63) is 28.8 Å². The molecule has 2 aromatic rings. The molecule has 0 fully saturated rings. The average Bonchev–Trinajstić information content (AvgIpc) is 2.77. The van der Waals surface area contributed by atoms with Crippen molar-refractivity contribution in [2.75, 3.05) is 12.3 Å². The number of anilines is 1. The zero-order valence-corrected chi connectivity index (χ0v) is 10.6. The number of imidazole rings is 1. The molecule has 0 aliphatic heterocycles. The average molecular weight is 277 g/mol. The summed E-state index contributed by atoms with van der Waals surface area (Å²) in [7, 11) is 0. The summed E-state index contributed by atoms with van der Waals surface area (Å²) >= 11 is 0. The molecule has 1 aliphatic carbocycles. The number of aromatic amines is 1. The Labute approximate surface area is 113 Å². The van der Waals surface area contributed by atoms with Crippen LogP contribution >= 0.6 is 0 Å². The molecule has 0 radical (unpaired) electrons. The minimum absolute atomic E-state index is 0.0420. The van der Waals surface area contributed by atoms with Crippen LogP contribution in [-0.2, 0) is 6.54 Å². The van der Waals surface area contributed by atoms with Crippen LogP contribution in [0.3, 0.4) is 0 Å². The van der Waals surface area contributed by atoms with Gasteiger partial charge in [0.1, 0.15) is 0 Å². The summed E-state index contributed by atoms with van der Waals surface area (Å²) in [6.45, 7) is 0.242. The Bertz CT molecular complexity index is 719. The zero-order valence-electron chi connectivity index (χ0n) is 10.6. The molecule has 8 heteroatoms. The second-order valence-corrected chi connectivity index (χ2v) is 4.90. The summed E-state index contributed by atoms with van der Waals surface area (Å²) in [5, 5.41) is 18.6. The van der Waals surface area contributed by atoms with Crippen LogP contribution in [0.25, 0.3) is 11.2 Å². The quantitative estimate of drug-likeness (QED) is 0.522. The maximum atomic E-state index is 11.7. The smallest absolute Gasteiger partial charge is 0.280 e. The number of aliphatic hydroxyl groups excluding tert-OH is 2. The molecule has 5 N–H and O–H groups in total. The molecule has 2 heterocycles. The normalized spacial score (nSPS) is 22.9. The van der Waals surface area contributed by atoms with E-state index >= 15 is 0 Å². The molecule has 0 bridgehead atoms. The topological polar surface area (TPSA) is 130 Å². The fourth-order valence-corrected chi connectivity index (χ4v) is 2.45. The van der Waals surface area contributed by atoms with Crippen molar-refractivity contribution in [2.24, 2.45) is 11.8 Å². The lowest BCUT2D eigenvalue weighted by Crippen LogP contribution is -2.35. The molecular formula is C12H15N5O3. The summed E-state index contributed by atoms with van der Waals surface area (Å²) in [4.78, 5) is 22.2. The third kappa shape index (κ3) is 1.98. The number of fused-ring (bicyclic) bond motifs is 1. The Kier molecular flexibility index (Phi) is 3.03. The molecule has 3 rings (SSSR count). The van der Waals surface area contributed by atoms with Gasteiger partial charge in [0.15, 0.2) is 11.2 Å². The Morgan fingerprint density at radius 2 is 2.30 bits per heavy atom. The first-order valence-corrected chi connectivity index (χ1v) is 6.28. The highest BCUT2D eigenvalue weighted by molar-refractivity contribution is 5.70. The van der Waals surface area contributed by atoms with Crippen LogP contribution in [0.4, 0.5) is 5.95 Å². The number of allylic oxidation sites excluding steroid dienone is 1. The van der Waals surface area contributed by atoms with Crippen LogP contribution in [0.15, 0.2) is 23.3 Å². The van der Waals surface area contributed by atoms with E-state index in [1.165, 1.54) is 6.33 Å². The molecule has 0 amide bonds. The van der Waals surface area contributed by atoms with Gasteiger partial charge in [0.2, 0.25) is 5.95 Å². The van der Waals surface area contributed by atoms with E-state index in [1.807, 2.05) is 12.2 Å². The Hall–Kier alpha value is -2.19. The molecule has 0 saturated heterocycles. The first-order valence-electron chi connectivity index (χ1n) is 6.28. The number of hydrogen-bond donors (Lipinski definition) is 4. The second-order valence-electron chi connectivity index (χ2n) is 4.90. The lowest BCUT2D eigenvalue weighted by Gasteiger charge is -2.32. The second kappa shape index (κ2) is 4.73. The monoisotopic (exact) mass is 277 g/mol. The van der Waals surface area contributed by atoms with Crippen LogP contribution < -0.4 is 11.3 Å². The summed E-state index contributed by atoms with van der Waals surface area (Å²) < 4.78 is 1.73. The molecule has 0 unspecified atom stereocenters. The van der Waals surface area contributed by atoms with E-state index in [-0.39, 0.29) is 35.5 Å². The van der Waals surface area contributed by atoms with Gasteiger partial charge in [0.25, 0.3) is 5.56 Å². The third-order valence-corrected chi connectivity index (χ3v) is 3.61. The zero-order chi connectivity index (χ0) is 14.3. The number of hydrogen-bond acceptors (Lipinski definition) is 6. The number of nitrogens with zero attached hydrogens (tertiary/aromatic N) is 3. The minimum Gasteiger partial charge on any atom is -0.394 e. The van der Waals surface area contributed by atoms with Gasteiger partial charge in [0.05, 0.1) is 19.0 Å². The van der Waals surface area contributed by atoms with E-state index in [0.717, 1.165) is 0 Å². The molecule has 0 spiro atoms. The van der Waals surface area contributed by atoms with Crippen molar-refractivity contribution in [1.82, 2.24) is 19.5 Å². The molecule has 2 aromatic heterocycles. The minimum atomic E-state index is -0.777. The molecule has 0 aromatic carbocycles. The van der Waals surface area contributed by atoms with Gasteiger partial charge in [-0.3, -0.25) is 9.78 Å². The highest BCUT2D eigenvalue weighted by atomic mass is 16.3. The Morgan fingerprint density at radius 1 is 1.50 bits per heavy atom. The number of aromatic nitrogens is 4. The lowest BCUT2D eigenvalue weighted by molar-refractivity contribution is 0.0387. The van der Waals surface area contributed by atoms with E-state index < -0.39 is 6.10 Å². The first-order chi connectivity index (χ1) is 9.60. The van der Waals surface area contributed by atoms with E-state index in [9.17, 15) is 9.90 Å². The van der Waals surface area contributed by atoms with E-state index in [1.54, 1.807) is 4.57 Å². The number of rotatable bonds is 4. The highest BCUT2D eigenvalue weighted by Crippen LogP contribution is 2.30. The maximum Gasteiger partial charge on any atom is 0.280 e. The predicted octanol–water partition coefficient (Wildman–Crippen LogP) is -1.14. The van der Waals surface area contributed by atoms with Crippen molar-refractivity contribution in [3.8, 4) is 0 Å². The van der Waals surface area contributed by atoms with Crippen LogP contribution in [0.5, 0.6) is 0 Å². The van der Waals surface area contributed by atoms with Crippen molar-refractivity contribution < 1.29 is 10.2 Å². The number of H-pyrrole nitrogens is 1. The predicted molar refractivity (Wildman–Crippen MR) is 71.8 cm³/mol. The van der Waals surface area contributed by atoms with Crippen LogP contribution in [0.2, 0.25) is 0 Å². The van der Waals surface area contributed by atoms with Crippen molar-refractivity contribution in [1.29, 1.82) is 0 Å². The van der Waals surface area contributed by atoms with Crippen molar-refractivity contribution in [2.45, 2.75) is 12.6 Å². The van der Waals surface area contributed by atoms with Gasteiger partial charge in [-0.1, -0.05) is 12.2 Å². The standard InChI is InChI=1S/C12H15N5O3/c13-12-15-10-9(11(20)16-12)14-5-17(10)3-6-1-2-7(6)8(19)4-18/h1-2,5-8,18-19H,3-4H2,(H3,13,15,16,20)/t6-,7-,8+/m0/s1. The maximum absolute atomic E-state index is 11.7. The first kappa shape index (κ1) is 12.8. The van der Waals surface area contributed by atoms with E-state index in [4.69, 9.17) is 10.8 Å². The van der Waals surface area contributed by atoms with Gasteiger partial charge in [-0.25, -0.2) is 4.98 Å². The molecule has 106 valence electrons. The van der Waals surface area contributed by atoms with Gasteiger partial charge in [-0.15, -0.1) is 0 Å². The lowest BCUT2D eigenvalue weighted by atomic mass is 9.78. The fraction of sp³-hybridized carbons (Fsp3) is 0.417. The van der Waals surface area contributed by atoms with Crippen molar-refractivity contribution >= 4 is 17.1 Å². The number of nitrogens with two attached hydrogens (primary N) is 1. The number of nitrogen functional groups attached to an aromatic ring is 1. The molecule has 8 nitrogen and oxygen atoms in total. The summed E-state index contributed by atoms with van der Waals surface area (Å²) in [5.74, 6) is 0.00833. The molecule has 0 saturated carbocycles. The SMILES string of the molecule is Nc1nc2c(ncn2C[C@@H]2C=C[C@@H]2[C@H](O)CO)c(=O)[nH]1. The fourth-order valence-electron chi connectivity index (χ4n) is 2.45. The van der Waals surface area contributed by atoms with Gasteiger partial charge >= 0.3 is 0 Å².